The van der Waals surface area contributed by atoms with Gasteiger partial charge in [0.25, 0.3) is 15.8 Å². The maximum Gasteiger partial charge on any atom is 0.254 e. The molecule has 3 aromatic rings. The molecule has 4 rings (SSSR count). The lowest BCUT2D eigenvalue weighted by Gasteiger charge is -2.34. The van der Waals surface area contributed by atoms with Gasteiger partial charge in [-0.05, 0) is 18.4 Å². The topological polar surface area (TPSA) is 83.7 Å². The average Bonchev–Trinajstić information content (AvgIpc) is 3.25. The van der Waals surface area contributed by atoms with Crippen LogP contribution in [-0.4, -0.2) is 58.5 Å². The SMILES string of the molecule is Cc1cc(N2CCN(S(=O)(=O)c3cccs3)CC2)n2ncnc2n1. The molecular weight excluding hydrogens is 348 g/mol. The van der Waals surface area contributed by atoms with E-state index in [1.165, 1.54) is 17.7 Å². The zero-order valence-electron chi connectivity index (χ0n) is 13.0. The fraction of sp³-hybridized carbons (Fsp3) is 0.357. The fourth-order valence-corrected chi connectivity index (χ4v) is 5.40. The van der Waals surface area contributed by atoms with Crippen molar-refractivity contribution >= 4 is 33.0 Å². The Labute approximate surface area is 143 Å². The van der Waals surface area contributed by atoms with Crippen molar-refractivity contribution in [3.63, 3.8) is 0 Å². The molecule has 10 heteroatoms. The maximum atomic E-state index is 12.6. The van der Waals surface area contributed by atoms with Gasteiger partial charge < -0.3 is 4.90 Å². The Balaban J connectivity index is 1.57. The van der Waals surface area contributed by atoms with E-state index in [4.69, 9.17) is 0 Å². The second-order valence-electron chi connectivity index (χ2n) is 5.55. The maximum absolute atomic E-state index is 12.6. The quantitative estimate of drug-likeness (QED) is 0.690. The predicted octanol–water partition coefficient (Wildman–Crippen LogP) is 1.01. The Kier molecular flexibility index (Phi) is 3.74. The Morgan fingerprint density at radius 3 is 2.71 bits per heavy atom. The van der Waals surface area contributed by atoms with E-state index in [-0.39, 0.29) is 0 Å². The van der Waals surface area contributed by atoms with Crippen molar-refractivity contribution in [2.45, 2.75) is 11.1 Å². The third-order valence-corrected chi connectivity index (χ3v) is 7.28. The minimum atomic E-state index is -3.39. The molecule has 0 aromatic carbocycles. The van der Waals surface area contributed by atoms with Gasteiger partial charge in [-0.25, -0.2) is 13.4 Å². The molecule has 0 bridgehead atoms. The number of rotatable bonds is 3. The van der Waals surface area contributed by atoms with Crippen LogP contribution in [0.25, 0.3) is 5.78 Å². The standard InChI is InChI=1S/C14H16N6O2S2/c1-11-9-12(20-14(17-11)15-10-16-20)18-4-6-19(7-5-18)24(21,22)13-3-2-8-23-13/h2-3,8-10H,4-7H2,1H3. The lowest BCUT2D eigenvalue weighted by atomic mass is 10.3. The van der Waals surface area contributed by atoms with Gasteiger partial charge in [0.15, 0.2) is 0 Å². The largest absolute Gasteiger partial charge is 0.354 e. The first-order valence-electron chi connectivity index (χ1n) is 7.52. The first kappa shape index (κ1) is 15.5. The van der Waals surface area contributed by atoms with Crippen molar-refractivity contribution < 1.29 is 8.42 Å². The van der Waals surface area contributed by atoms with Gasteiger partial charge in [0, 0.05) is 37.9 Å². The van der Waals surface area contributed by atoms with E-state index in [0.717, 1.165) is 11.5 Å². The van der Waals surface area contributed by atoms with Crippen molar-refractivity contribution in [2.75, 3.05) is 31.1 Å². The van der Waals surface area contributed by atoms with Crippen molar-refractivity contribution in [3.8, 4) is 0 Å². The summed E-state index contributed by atoms with van der Waals surface area (Å²) >= 11 is 1.25. The molecule has 1 aliphatic rings. The first-order chi connectivity index (χ1) is 11.6. The van der Waals surface area contributed by atoms with E-state index < -0.39 is 10.0 Å². The monoisotopic (exact) mass is 364 g/mol. The van der Waals surface area contributed by atoms with E-state index in [0.29, 0.717) is 36.2 Å². The van der Waals surface area contributed by atoms with Crippen LogP contribution in [0.3, 0.4) is 0 Å². The number of nitrogens with zero attached hydrogens (tertiary/aromatic N) is 6. The van der Waals surface area contributed by atoms with E-state index >= 15 is 0 Å². The molecule has 3 aromatic heterocycles. The van der Waals surface area contributed by atoms with Crippen molar-refractivity contribution in [3.05, 3.63) is 35.6 Å². The van der Waals surface area contributed by atoms with Gasteiger partial charge in [-0.3, -0.25) is 0 Å². The van der Waals surface area contributed by atoms with Crippen molar-refractivity contribution in [1.29, 1.82) is 0 Å². The molecule has 0 amide bonds. The summed E-state index contributed by atoms with van der Waals surface area (Å²) in [6.07, 6.45) is 1.47. The molecule has 24 heavy (non-hydrogen) atoms. The number of fused-ring (bicyclic) bond motifs is 1. The summed E-state index contributed by atoms with van der Waals surface area (Å²) in [5.41, 5.74) is 0.860. The molecular formula is C14H16N6O2S2. The van der Waals surface area contributed by atoms with Gasteiger partial charge in [0.2, 0.25) is 0 Å². The summed E-state index contributed by atoms with van der Waals surface area (Å²) in [4.78, 5) is 10.6. The molecule has 0 aliphatic carbocycles. The molecule has 0 atom stereocenters. The number of hydrogen-bond donors (Lipinski definition) is 0. The van der Waals surface area contributed by atoms with E-state index in [9.17, 15) is 8.42 Å². The van der Waals surface area contributed by atoms with Crippen LogP contribution in [0.1, 0.15) is 5.69 Å². The second-order valence-corrected chi connectivity index (χ2v) is 8.66. The summed E-state index contributed by atoms with van der Waals surface area (Å²) in [6.45, 7) is 4.00. The van der Waals surface area contributed by atoms with Crippen LogP contribution in [0.4, 0.5) is 5.82 Å². The predicted molar refractivity (Wildman–Crippen MR) is 90.8 cm³/mol. The molecule has 4 heterocycles. The number of anilines is 1. The molecule has 0 radical (unpaired) electrons. The van der Waals surface area contributed by atoms with Crippen LogP contribution in [-0.2, 0) is 10.0 Å². The number of sulfonamides is 1. The van der Waals surface area contributed by atoms with E-state index in [2.05, 4.69) is 20.0 Å². The number of piperazine rings is 1. The summed E-state index contributed by atoms with van der Waals surface area (Å²) in [7, 11) is -3.39. The average molecular weight is 364 g/mol. The number of aromatic nitrogens is 4. The Bertz CT molecular complexity index is 958. The number of thiophene rings is 1. The lowest BCUT2D eigenvalue weighted by Crippen LogP contribution is -2.49. The van der Waals surface area contributed by atoms with Crippen LogP contribution in [0, 0.1) is 6.92 Å². The zero-order chi connectivity index (χ0) is 16.7. The molecule has 0 saturated carbocycles. The number of hydrogen-bond acceptors (Lipinski definition) is 7. The first-order valence-corrected chi connectivity index (χ1v) is 9.84. The van der Waals surface area contributed by atoms with Crippen LogP contribution >= 0.6 is 11.3 Å². The molecule has 0 spiro atoms. The van der Waals surface area contributed by atoms with Gasteiger partial charge in [-0.1, -0.05) is 6.07 Å². The fourth-order valence-electron chi connectivity index (χ4n) is 2.83. The Hall–Kier alpha value is -2.04. The minimum absolute atomic E-state index is 0.398. The molecule has 8 nitrogen and oxygen atoms in total. The summed E-state index contributed by atoms with van der Waals surface area (Å²) in [5.74, 6) is 1.45. The van der Waals surface area contributed by atoms with Crippen LogP contribution in [0.2, 0.25) is 0 Å². The summed E-state index contributed by atoms with van der Waals surface area (Å²) < 4.78 is 28.8. The molecule has 1 aliphatic heterocycles. The highest BCUT2D eigenvalue weighted by Crippen LogP contribution is 2.24. The normalized spacial score (nSPS) is 16.8. The van der Waals surface area contributed by atoms with E-state index in [1.54, 1.807) is 26.3 Å². The van der Waals surface area contributed by atoms with Gasteiger partial charge in [0.05, 0.1) is 0 Å². The Morgan fingerprint density at radius 2 is 2.00 bits per heavy atom. The Morgan fingerprint density at radius 1 is 1.21 bits per heavy atom. The van der Waals surface area contributed by atoms with Gasteiger partial charge >= 0.3 is 0 Å². The van der Waals surface area contributed by atoms with Crippen LogP contribution in [0.5, 0.6) is 0 Å². The van der Waals surface area contributed by atoms with Crippen molar-refractivity contribution in [2.24, 2.45) is 0 Å². The second kappa shape index (κ2) is 5.80. The minimum Gasteiger partial charge on any atom is -0.354 e. The highest BCUT2D eigenvalue weighted by molar-refractivity contribution is 7.91. The molecule has 0 unspecified atom stereocenters. The molecule has 126 valence electrons. The molecule has 0 N–H and O–H groups in total. The third kappa shape index (κ3) is 2.56. The van der Waals surface area contributed by atoms with Crippen LogP contribution < -0.4 is 4.90 Å². The van der Waals surface area contributed by atoms with Gasteiger partial charge in [-0.15, -0.1) is 11.3 Å². The smallest absolute Gasteiger partial charge is 0.254 e. The molecule has 1 fully saturated rings. The van der Waals surface area contributed by atoms with Crippen LogP contribution in [0.15, 0.2) is 34.1 Å². The highest BCUT2D eigenvalue weighted by Gasteiger charge is 2.30. The van der Waals surface area contributed by atoms with Crippen molar-refractivity contribution in [1.82, 2.24) is 23.9 Å². The third-order valence-electron chi connectivity index (χ3n) is 4.01. The molecule has 1 saturated heterocycles. The lowest BCUT2D eigenvalue weighted by molar-refractivity contribution is 0.384. The van der Waals surface area contributed by atoms with Gasteiger partial charge in [0.1, 0.15) is 16.4 Å². The number of aryl methyl sites for hydroxylation is 1. The highest BCUT2D eigenvalue weighted by atomic mass is 32.2. The zero-order valence-corrected chi connectivity index (χ0v) is 14.7. The van der Waals surface area contributed by atoms with Gasteiger partial charge in [-0.2, -0.15) is 18.9 Å². The summed E-state index contributed by atoms with van der Waals surface area (Å²) in [6, 6.07) is 5.36. The van der Waals surface area contributed by atoms with E-state index in [1.807, 2.05) is 13.0 Å². The summed E-state index contributed by atoms with van der Waals surface area (Å²) in [5, 5.41) is 6.00.